The summed E-state index contributed by atoms with van der Waals surface area (Å²) in [5.74, 6) is 0.199. The Hall–Kier alpha value is -2.97. The highest BCUT2D eigenvalue weighted by Crippen LogP contribution is 2.26. The lowest BCUT2D eigenvalue weighted by atomic mass is 10.1. The summed E-state index contributed by atoms with van der Waals surface area (Å²) in [5, 5.41) is 2.69. The molecule has 3 heterocycles. The van der Waals surface area contributed by atoms with Gasteiger partial charge in [-0.1, -0.05) is 6.07 Å². The van der Waals surface area contributed by atoms with Gasteiger partial charge in [-0.15, -0.1) is 0 Å². The summed E-state index contributed by atoms with van der Waals surface area (Å²) in [6, 6.07) is 9.39. The lowest BCUT2D eigenvalue weighted by Gasteiger charge is -2.32. The van der Waals surface area contributed by atoms with Crippen molar-refractivity contribution in [1.29, 1.82) is 0 Å². The second kappa shape index (κ2) is 8.04. The number of likely N-dealkylation sites (N-methyl/N-ethyl adjacent to an activating group) is 1. The summed E-state index contributed by atoms with van der Waals surface area (Å²) in [5.41, 5.74) is 2.63. The molecule has 8 heteroatoms. The van der Waals surface area contributed by atoms with Gasteiger partial charge in [0, 0.05) is 32.2 Å². The topological polar surface area (TPSA) is 69.0 Å². The molecule has 0 aliphatic carbocycles. The van der Waals surface area contributed by atoms with Gasteiger partial charge in [0.15, 0.2) is 11.0 Å². The maximum Gasteiger partial charge on any atom is 0.270 e. The van der Waals surface area contributed by atoms with Crippen LogP contribution in [0, 0.1) is 13.8 Å². The molecule has 1 aromatic carbocycles. The lowest BCUT2D eigenvalue weighted by molar-refractivity contribution is -0.122. The Kier molecular flexibility index (Phi) is 5.44. The Labute approximate surface area is 180 Å². The average molecular weight is 425 g/mol. The van der Waals surface area contributed by atoms with E-state index in [4.69, 9.17) is 16.6 Å². The lowest BCUT2D eigenvalue weighted by Crippen LogP contribution is -2.54. The van der Waals surface area contributed by atoms with Gasteiger partial charge in [0.2, 0.25) is 0 Å². The molecule has 2 aliphatic heterocycles. The van der Waals surface area contributed by atoms with E-state index in [9.17, 15) is 9.59 Å². The van der Waals surface area contributed by atoms with Crippen LogP contribution in [0.1, 0.15) is 16.9 Å². The van der Waals surface area contributed by atoms with Crippen LogP contribution in [-0.2, 0) is 9.59 Å². The van der Waals surface area contributed by atoms with Crippen LogP contribution in [0.4, 0.5) is 11.6 Å². The van der Waals surface area contributed by atoms with Gasteiger partial charge in [-0.25, -0.2) is 0 Å². The van der Waals surface area contributed by atoms with Gasteiger partial charge in [-0.2, -0.15) is 0 Å². The van der Waals surface area contributed by atoms with Crippen LogP contribution in [0.25, 0.3) is 6.08 Å². The molecule has 0 atom stereocenters. The molecule has 1 N–H and O–H groups in total. The summed E-state index contributed by atoms with van der Waals surface area (Å²) in [4.78, 5) is 31.4. The second-order valence-corrected chi connectivity index (χ2v) is 8.16. The van der Waals surface area contributed by atoms with Crippen LogP contribution in [0.3, 0.4) is 0 Å². The number of nitrogens with zero attached hydrogens (tertiary/aromatic N) is 3. The molecule has 2 fully saturated rings. The van der Waals surface area contributed by atoms with Crippen LogP contribution < -0.4 is 15.1 Å². The van der Waals surface area contributed by atoms with E-state index in [0.29, 0.717) is 11.4 Å². The normalized spacial score (nSPS) is 19.6. The van der Waals surface area contributed by atoms with E-state index in [0.717, 1.165) is 43.2 Å². The molecular formula is C22H24N4O3S. The van der Waals surface area contributed by atoms with Crippen molar-refractivity contribution in [2.75, 3.05) is 43.0 Å². The number of rotatable bonds is 3. The molecule has 2 aliphatic rings. The molecular weight excluding hydrogens is 400 g/mol. The zero-order valence-electron chi connectivity index (χ0n) is 17.3. The number of carbonyl (C=O) groups excluding carboxylic acids is 2. The van der Waals surface area contributed by atoms with E-state index in [1.165, 1.54) is 11.0 Å². The van der Waals surface area contributed by atoms with Crippen molar-refractivity contribution in [1.82, 2.24) is 10.2 Å². The quantitative estimate of drug-likeness (QED) is 0.464. The Morgan fingerprint density at radius 3 is 2.37 bits per heavy atom. The van der Waals surface area contributed by atoms with Gasteiger partial charge in [-0.3, -0.25) is 19.8 Å². The fraction of sp³-hybridized carbons (Fsp3) is 0.318. The molecule has 0 bridgehead atoms. The monoisotopic (exact) mass is 424 g/mol. The van der Waals surface area contributed by atoms with E-state index in [1.807, 2.05) is 38.1 Å². The van der Waals surface area contributed by atoms with E-state index in [1.54, 1.807) is 6.07 Å². The average Bonchev–Trinajstić information content (AvgIpc) is 3.13. The third-order valence-corrected chi connectivity index (χ3v) is 5.57. The zero-order valence-corrected chi connectivity index (χ0v) is 18.1. The molecule has 2 saturated heterocycles. The molecule has 0 spiro atoms. The molecule has 0 radical (unpaired) electrons. The zero-order chi connectivity index (χ0) is 21.4. The van der Waals surface area contributed by atoms with Gasteiger partial charge in [0.05, 0.1) is 5.69 Å². The van der Waals surface area contributed by atoms with Crippen LogP contribution in [-0.4, -0.2) is 55.1 Å². The van der Waals surface area contributed by atoms with Crippen LogP contribution in [0.2, 0.25) is 0 Å². The number of carbonyl (C=O) groups is 2. The summed E-state index contributed by atoms with van der Waals surface area (Å²) < 4.78 is 5.91. The van der Waals surface area contributed by atoms with Crippen molar-refractivity contribution < 1.29 is 14.0 Å². The minimum Gasteiger partial charge on any atom is -0.441 e. The van der Waals surface area contributed by atoms with Crippen LogP contribution in [0.15, 0.2) is 40.3 Å². The highest BCUT2D eigenvalue weighted by atomic mass is 32.1. The Bertz CT molecular complexity index is 1030. The van der Waals surface area contributed by atoms with Gasteiger partial charge in [0.1, 0.15) is 11.3 Å². The van der Waals surface area contributed by atoms with Crippen molar-refractivity contribution >= 4 is 46.8 Å². The first-order valence-corrected chi connectivity index (χ1v) is 10.3. The smallest absolute Gasteiger partial charge is 0.270 e. The number of furan rings is 1. The first-order chi connectivity index (χ1) is 14.3. The van der Waals surface area contributed by atoms with Gasteiger partial charge >= 0.3 is 0 Å². The number of hydrogen-bond acceptors (Lipinski definition) is 6. The first kappa shape index (κ1) is 20.3. The molecule has 1 aromatic heterocycles. The first-order valence-electron chi connectivity index (χ1n) is 9.85. The van der Waals surface area contributed by atoms with Crippen molar-refractivity contribution in [2.24, 2.45) is 0 Å². The van der Waals surface area contributed by atoms with Gasteiger partial charge in [0.25, 0.3) is 11.8 Å². The molecule has 156 valence electrons. The van der Waals surface area contributed by atoms with Crippen molar-refractivity contribution in [3.05, 3.63) is 52.8 Å². The number of benzene rings is 1. The van der Waals surface area contributed by atoms with Gasteiger partial charge < -0.3 is 14.2 Å². The van der Waals surface area contributed by atoms with Crippen LogP contribution in [0.5, 0.6) is 0 Å². The Morgan fingerprint density at radius 1 is 1.03 bits per heavy atom. The van der Waals surface area contributed by atoms with Gasteiger partial charge in [-0.05, 0) is 68.5 Å². The molecule has 4 rings (SSSR count). The summed E-state index contributed by atoms with van der Waals surface area (Å²) in [6.07, 6.45) is 1.48. The van der Waals surface area contributed by atoms with Crippen LogP contribution >= 0.6 is 12.2 Å². The van der Waals surface area contributed by atoms with E-state index < -0.39 is 11.8 Å². The highest BCUT2D eigenvalue weighted by molar-refractivity contribution is 7.80. The molecule has 0 saturated carbocycles. The van der Waals surface area contributed by atoms with E-state index in [-0.39, 0.29) is 10.7 Å². The summed E-state index contributed by atoms with van der Waals surface area (Å²) in [7, 11) is 2.09. The summed E-state index contributed by atoms with van der Waals surface area (Å²) in [6.45, 7) is 7.56. The second-order valence-electron chi connectivity index (χ2n) is 7.77. The number of nitrogens with one attached hydrogen (secondary N) is 1. The molecule has 30 heavy (non-hydrogen) atoms. The fourth-order valence-corrected chi connectivity index (χ4v) is 4.01. The third kappa shape index (κ3) is 4.01. The Balaban J connectivity index is 1.61. The number of piperazine rings is 1. The maximum atomic E-state index is 13.2. The van der Waals surface area contributed by atoms with E-state index >= 15 is 0 Å². The Morgan fingerprint density at radius 2 is 1.70 bits per heavy atom. The SMILES string of the molecule is Cc1cc(C)cc(N2C(=O)/C(=C\c3ccc(N4CCN(C)CC4)o3)C(=O)NC2=S)c1. The van der Waals surface area contributed by atoms with Crippen molar-refractivity contribution in [3.8, 4) is 0 Å². The number of hydrogen-bond donors (Lipinski definition) is 1. The standard InChI is InChI=1S/C22H24N4O3S/c1-14-10-15(2)12-16(11-14)26-21(28)18(20(27)23-22(26)30)13-17-4-5-19(29-17)25-8-6-24(3)7-9-25/h4-5,10-13H,6-9H2,1-3H3,(H,23,27,30)/b18-13-. The molecule has 2 amide bonds. The number of amides is 2. The molecule has 7 nitrogen and oxygen atoms in total. The largest absolute Gasteiger partial charge is 0.441 e. The highest BCUT2D eigenvalue weighted by Gasteiger charge is 2.35. The minimum atomic E-state index is -0.525. The van der Waals surface area contributed by atoms with E-state index in [2.05, 4.69) is 22.2 Å². The third-order valence-electron chi connectivity index (χ3n) is 5.28. The predicted molar refractivity (Wildman–Crippen MR) is 121 cm³/mol. The fourth-order valence-electron chi connectivity index (χ4n) is 3.73. The maximum absolute atomic E-state index is 13.2. The molecule has 2 aromatic rings. The van der Waals surface area contributed by atoms with Crippen molar-refractivity contribution in [3.63, 3.8) is 0 Å². The minimum absolute atomic E-state index is 0.0120. The number of aryl methyl sites for hydroxylation is 2. The molecule has 0 unspecified atom stereocenters. The van der Waals surface area contributed by atoms with Crippen molar-refractivity contribution in [2.45, 2.75) is 13.8 Å². The summed E-state index contributed by atoms with van der Waals surface area (Å²) >= 11 is 5.28. The predicted octanol–water partition coefficient (Wildman–Crippen LogP) is 2.48. The number of anilines is 2. The number of thiocarbonyl (C=S) groups is 1.